The molecule has 1 atom stereocenters. The zero-order valence-corrected chi connectivity index (χ0v) is 18.3. The molecule has 2 aromatic carbocycles. The number of nitrogens with one attached hydrogen (secondary N) is 3. The lowest BCUT2D eigenvalue weighted by atomic mass is 10.1. The first-order valence-electron chi connectivity index (χ1n) is 9.65. The summed E-state index contributed by atoms with van der Waals surface area (Å²) in [5, 5.41) is 8.78. The van der Waals surface area contributed by atoms with E-state index in [2.05, 4.69) is 16.0 Å². The highest BCUT2D eigenvalue weighted by Crippen LogP contribution is 2.25. The first-order valence-corrected chi connectivity index (χ1v) is 10.4. The summed E-state index contributed by atoms with van der Waals surface area (Å²) >= 11 is 11.9. The molecule has 0 fully saturated rings. The minimum Gasteiger partial charge on any atom is -0.369 e. The number of carbonyl (C=O) groups is 3. The second-order valence-electron chi connectivity index (χ2n) is 6.88. The van der Waals surface area contributed by atoms with Crippen LogP contribution >= 0.6 is 23.2 Å². The minimum absolute atomic E-state index is 0.157. The Morgan fingerprint density at radius 1 is 1.00 bits per heavy atom. The summed E-state index contributed by atoms with van der Waals surface area (Å²) in [5.74, 6) is -0.750. The number of hydrogen-bond acceptors (Lipinski definition) is 4. The molecule has 0 saturated heterocycles. The SMILES string of the molecule is NCCC[C@@H](NC(=O)Nc1ccc(Cl)cc1Cl)C(=O)NCc1ccc(CC(N)=O)cc1. The second-order valence-corrected chi connectivity index (χ2v) is 7.73. The van der Waals surface area contributed by atoms with E-state index in [1.54, 1.807) is 36.4 Å². The third kappa shape index (κ3) is 8.45. The van der Waals surface area contributed by atoms with Crippen molar-refractivity contribution in [3.63, 3.8) is 0 Å². The highest BCUT2D eigenvalue weighted by atomic mass is 35.5. The number of amides is 4. The lowest BCUT2D eigenvalue weighted by molar-refractivity contribution is -0.123. The van der Waals surface area contributed by atoms with Crippen LogP contribution in [0.5, 0.6) is 0 Å². The molecule has 2 rings (SSSR count). The number of benzene rings is 2. The normalized spacial score (nSPS) is 11.5. The fourth-order valence-electron chi connectivity index (χ4n) is 2.79. The molecule has 10 heteroatoms. The van der Waals surface area contributed by atoms with E-state index in [4.69, 9.17) is 34.7 Å². The minimum atomic E-state index is -0.774. The van der Waals surface area contributed by atoms with Gasteiger partial charge in [-0.25, -0.2) is 4.79 Å². The Balaban J connectivity index is 1.94. The molecule has 8 nitrogen and oxygen atoms in total. The molecule has 0 spiro atoms. The summed E-state index contributed by atoms with van der Waals surface area (Å²) in [4.78, 5) is 36.0. The Hall–Kier alpha value is -2.81. The van der Waals surface area contributed by atoms with Crippen molar-refractivity contribution in [2.75, 3.05) is 11.9 Å². The number of rotatable bonds is 10. The molecule has 0 aromatic heterocycles. The number of halogens is 2. The quantitative estimate of drug-likeness (QED) is 0.367. The van der Waals surface area contributed by atoms with Crippen molar-refractivity contribution in [1.82, 2.24) is 10.6 Å². The van der Waals surface area contributed by atoms with Crippen molar-refractivity contribution in [3.8, 4) is 0 Å². The smallest absolute Gasteiger partial charge is 0.319 e. The zero-order chi connectivity index (χ0) is 22.8. The fraction of sp³-hybridized carbons (Fsp3) is 0.286. The number of carbonyl (C=O) groups excluding carboxylic acids is 3. The predicted octanol–water partition coefficient (Wildman–Crippen LogP) is 2.57. The van der Waals surface area contributed by atoms with Crippen molar-refractivity contribution < 1.29 is 14.4 Å². The summed E-state index contributed by atoms with van der Waals surface area (Å²) in [6.07, 6.45) is 1.09. The molecule has 0 bridgehead atoms. The first-order chi connectivity index (χ1) is 14.8. The van der Waals surface area contributed by atoms with Crippen molar-refractivity contribution in [3.05, 3.63) is 63.6 Å². The van der Waals surface area contributed by atoms with E-state index >= 15 is 0 Å². The number of nitrogens with two attached hydrogens (primary N) is 2. The van der Waals surface area contributed by atoms with Crippen LogP contribution in [0.1, 0.15) is 24.0 Å². The highest BCUT2D eigenvalue weighted by molar-refractivity contribution is 6.36. The molecule has 0 aliphatic heterocycles. The van der Waals surface area contributed by atoms with Gasteiger partial charge in [-0.15, -0.1) is 0 Å². The van der Waals surface area contributed by atoms with Gasteiger partial charge in [-0.2, -0.15) is 0 Å². The average molecular weight is 466 g/mol. The van der Waals surface area contributed by atoms with Crippen LogP contribution in [-0.4, -0.2) is 30.4 Å². The Bertz CT molecular complexity index is 922. The van der Waals surface area contributed by atoms with Crippen LogP contribution in [0.3, 0.4) is 0 Å². The van der Waals surface area contributed by atoms with Gasteiger partial charge in [0, 0.05) is 11.6 Å². The van der Waals surface area contributed by atoms with Crippen molar-refractivity contribution in [2.45, 2.75) is 31.8 Å². The van der Waals surface area contributed by atoms with E-state index in [1.165, 1.54) is 6.07 Å². The largest absolute Gasteiger partial charge is 0.369 e. The zero-order valence-electron chi connectivity index (χ0n) is 16.8. The molecule has 31 heavy (non-hydrogen) atoms. The van der Waals surface area contributed by atoms with Gasteiger partial charge in [-0.3, -0.25) is 9.59 Å². The molecular weight excluding hydrogens is 441 g/mol. The van der Waals surface area contributed by atoms with E-state index in [0.717, 1.165) is 11.1 Å². The van der Waals surface area contributed by atoms with E-state index < -0.39 is 18.0 Å². The van der Waals surface area contributed by atoms with Gasteiger partial charge in [0.05, 0.1) is 17.1 Å². The summed E-state index contributed by atoms with van der Waals surface area (Å²) in [6.45, 7) is 0.651. The maximum absolute atomic E-state index is 12.6. The lowest BCUT2D eigenvalue weighted by Gasteiger charge is -2.19. The lowest BCUT2D eigenvalue weighted by Crippen LogP contribution is -2.48. The van der Waals surface area contributed by atoms with Crippen molar-refractivity contribution in [1.29, 1.82) is 0 Å². The summed E-state index contributed by atoms with van der Waals surface area (Å²) in [6, 6.07) is 10.5. The Morgan fingerprint density at radius 3 is 2.29 bits per heavy atom. The van der Waals surface area contributed by atoms with Gasteiger partial charge in [-0.05, 0) is 48.7 Å². The topological polar surface area (TPSA) is 139 Å². The molecule has 166 valence electrons. The van der Waals surface area contributed by atoms with Crippen LogP contribution in [0.4, 0.5) is 10.5 Å². The maximum Gasteiger partial charge on any atom is 0.319 e. The Kier molecular flexibility index (Phi) is 9.58. The van der Waals surface area contributed by atoms with Gasteiger partial charge in [-0.1, -0.05) is 47.5 Å². The third-order valence-electron chi connectivity index (χ3n) is 4.37. The van der Waals surface area contributed by atoms with Crippen LogP contribution in [0.15, 0.2) is 42.5 Å². The molecule has 4 amide bonds. The molecule has 0 heterocycles. The van der Waals surface area contributed by atoms with Crippen LogP contribution in [0.25, 0.3) is 0 Å². The van der Waals surface area contributed by atoms with E-state index in [1.807, 2.05) is 0 Å². The van der Waals surface area contributed by atoms with Gasteiger partial charge < -0.3 is 27.4 Å². The number of hydrogen-bond donors (Lipinski definition) is 5. The van der Waals surface area contributed by atoms with Crippen molar-refractivity contribution in [2.24, 2.45) is 11.5 Å². The van der Waals surface area contributed by atoms with Crippen molar-refractivity contribution >= 4 is 46.7 Å². The molecule has 2 aromatic rings. The Morgan fingerprint density at radius 2 is 1.68 bits per heavy atom. The predicted molar refractivity (Wildman–Crippen MR) is 122 cm³/mol. The molecule has 0 unspecified atom stereocenters. The van der Waals surface area contributed by atoms with Gasteiger partial charge in [0.25, 0.3) is 0 Å². The van der Waals surface area contributed by atoms with Crippen LogP contribution in [0.2, 0.25) is 10.0 Å². The summed E-state index contributed by atoms with van der Waals surface area (Å²) in [5.41, 5.74) is 12.7. The first kappa shape index (κ1) is 24.5. The van der Waals surface area contributed by atoms with Gasteiger partial charge in [0.1, 0.15) is 6.04 Å². The van der Waals surface area contributed by atoms with E-state index in [9.17, 15) is 14.4 Å². The number of primary amides is 1. The van der Waals surface area contributed by atoms with E-state index in [0.29, 0.717) is 30.1 Å². The van der Waals surface area contributed by atoms with Gasteiger partial charge in [0.2, 0.25) is 11.8 Å². The molecule has 0 aliphatic rings. The standard InChI is InChI=1S/C21H25Cl2N5O3/c22-15-7-8-17(16(23)11-15)27-21(31)28-18(2-1-9-24)20(30)26-12-14-5-3-13(4-6-14)10-19(25)29/h3-8,11,18H,1-2,9-10,12,24H2,(H2,25,29)(H,26,30)(H2,27,28,31)/t18-/m1/s1. The van der Waals surface area contributed by atoms with E-state index in [-0.39, 0.29) is 23.9 Å². The molecule has 0 aliphatic carbocycles. The van der Waals surface area contributed by atoms with Gasteiger partial charge >= 0.3 is 6.03 Å². The average Bonchev–Trinajstić information content (AvgIpc) is 2.72. The monoisotopic (exact) mass is 465 g/mol. The highest BCUT2D eigenvalue weighted by Gasteiger charge is 2.20. The molecule has 7 N–H and O–H groups in total. The molecule has 0 radical (unpaired) electrons. The number of anilines is 1. The fourth-order valence-corrected chi connectivity index (χ4v) is 3.24. The van der Waals surface area contributed by atoms with Crippen LogP contribution < -0.4 is 27.4 Å². The second kappa shape index (κ2) is 12.1. The molecular formula is C21H25Cl2N5O3. The maximum atomic E-state index is 12.6. The summed E-state index contributed by atoms with van der Waals surface area (Å²) in [7, 11) is 0. The Labute approximate surface area is 190 Å². The number of urea groups is 1. The van der Waals surface area contributed by atoms with Gasteiger partial charge in [0.15, 0.2) is 0 Å². The molecule has 0 saturated carbocycles. The third-order valence-corrected chi connectivity index (χ3v) is 4.91. The summed E-state index contributed by atoms with van der Waals surface area (Å²) < 4.78 is 0. The van der Waals surface area contributed by atoms with Crippen LogP contribution in [-0.2, 0) is 22.6 Å². The van der Waals surface area contributed by atoms with Crippen LogP contribution in [0, 0.1) is 0 Å².